The van der Waals surface area contributed by atoms with E-state index in [1.807, 2.05) is 12.4 Å². The third kappa shape index (κ3) is 3.96. The number of aromatic nitrogens is 1. The Balaban J connectivity index is 1.32. The van der Waals surface area contributed by atoms with Gasteiger partial charge < -0.3 is 4.90 Å². The van der Waals surface area contributed by atoms with Crippen LogP contribution in [-0.4, -0.2) is 46.9 Å². The number of aryl methyl sites for hydroxylation is 1. The van der Waals surface area contributed by atoms with Crippen LogP contribution in [0.25, 0.3) is 0 Å². The highest BCUT2D eigenvalue weighted by atomic mass is 16.2. The molecular weight excluding hydrogens is 322 g/mol. The molecule has 4 nitrogen and oxygen atoms in total. The van der Waals surface area contributed by atoms with E-state index >= 15 is 0 Å². The first-order valence-corrected chi connectivity index (χ1v) is 9.76. The SMILES string of the molecule is O=C(C[C@@H]1CCc2ccccc21)N1CCCN(Cc2ccncc2)CC1. The molecule has 1 aromatic carbocycles. The van der Waals surface area contributed by atoms with Crippen molar-refractivity contribution in [2.24, 2.45) is 0 Å². The molecule has 0 spiro atoms. The van der Waals surface area contributed by atoms with Crippen LogP contribution in [0.15, 0.2) is 48.8 Å². The predicted octanol–water partition coefficient (Wildman–Crippen LogP) is 3.24. The summed E-state index contributed by atoms with van der Waals surface area (Å²) in [6.07, 6.45) is 7.66. The molecule has 26 heavy (non-hydrogen) atoms. The molecule has 1 atom stereocenters. The van der Waals surface area contributed by atoms with E-state index in [2.05, 4.69) is 51.2 Å². The lowest BCUT2D eigenvalue weighted by Gasteiger charge is -2.23. The third-order valence-electron chi connectivity index (χ3n) is 5.77. The number of nitrogens with zero attached hydrogens (tertiary/aromatic N) is 3. The molecule has 1 aromatic heterocycles. The molecule has 0 radical (unpaired) electrons. The zero-order valence-electron chi connectivity index (χ0n) is 15.3. The first kappa shape index (κ1) is 17.2. The van der Waals surface area contributed by atoms with E-state index in [0.717, 1.165) is 52.0 Å². The lowest BCUT2D eigenvalue weighted by Crippen LogP contribution is -2.35. The van der Waals surface area contributed by atoms with Crippen molar-refractivity contribution in [3.8, 4) is 0 Å². The monoisotopic (exact) mass is 349 g/mol. The van der Waals surface area contributed by atoms with Crippen LogP contribution in [0.5, 0.6) is 0 Å². The third-order valence-corrected chi connectivity index (χ3v) is 5.77. The highest BCUT2D eigenvalue weighted by molar-refractivity contribution is 5.77. The van der Waals surface area contributed by atoms with Gasteiger partial charge in [-0.25, -0.2) is 0 Å². The molecule has 136 valence electrons. The van der Waals surface area contributed by atoms with Gasteiger partial charge in [-0.1, -0.05) is 24.3 Å². The molecule has 2 aliphatic rings. The van der Waals surface area contributed by atoms with Crippen molar-refractivity contribution in [3.05, 3.63) is 65.5 Å². The summed E-state index contributed by atoms with van der Waals surface area (Å²) in [5.74, 6) is 0.743. The molecule has 2 aromatic rings. The van der Waals surface area contributed by atoms with Gasteiger partial charge in [0.15, 0.2) is 0 Å². The predicted molar refractivity (Wildman–Crippen MR) is 103 cm³/mol. The molecule has 0 unspecified atom stereocenters. The zero-order chi connectivity index (χ0) is 17.8. The summed E-state index contributed by atoms with van der Waals surface area (Å²) in [4.78, 5) is 21.5. The number of fused-ring (bicyclic) bond motifs is 1. The van der Waals surface area contributed by atoms with E-state index in [9.17, 15) is 4.79 Å². The number of rotatable bonds is 4. The van der Waals surface area contributed by atoms with Gasteiger partial charge in [0.1, 0.15) is 0 Å². The van der Waals surface area contributed by atoms with Crippen molar-refractivity contribution in [2.75, 3.05) is 26.2 Å². The highest BCUT2D eigenvalue weighted by Crippen LogP contribution is 2.35. The van der Waals surface area contributed by atoms with Crippen molar-refractivity contribution in [1.82, 2.24) is 14.8 Å². The maximum atomic E-state index is 12.9. The molecule has 4 heteroatoms. The van der Waals surface area contributed by atoms with Crippen LogP contribution in [0.4, 0.5) is 0 Å². The Hall–Kier alpha value is -2.20. The van der Waals surface area contributed by atoms with Crippen molar-refractivity contribution in [3.63, 3.8) is 0 Å². The molecule has 4 rings (SSSR count). The summed E-state index contributed by atoms with van der Waals surface area (Å²) in [5, 5.41) is 0. The fourth-order valence-corrected chi connectivity index (χ4v) is 4.32. The Morgan fingerprint density at radius 3 is 2.77 bits per heavy atom. The van der Waals surface area contributed by atoms with Crippen LogP contribution < -0.4 is 0 Å². The normalized spacial score (nSPS) is 20.6. The van der Waals surface area contributed by atoms with E-state index in [4.69, 9.17) is 0 Å². The Morgan fingerprint density at radius 1 is 1.04 bits per heavy atom. The maximum Gasteiger partial charge on any atom is 0.223 e. The quantitative estimate of drug-likeness (QED) is 0.850. The van der Waals surface area contributed by atoms with Crippen LogP contribution in [0.2, 0.25) is 0 Å². The zero-order valence-corrected chi connectivity index (χ0v) is 15.3. The molecule has 1 aliphatic heterocycles. The number of hydrogen-bond donors (Lipinski definition) is 0. The second-order valence-electron chi connectivity index (χ2n) is 7.50. The summed E-state index contributed by atoms with van der Waals surface area (Å²) >= 11 is 0. The molecule has 0 N–H and O–H groups in total. The minimum Gasteiger partial charge on any atom is -0.341 e. The summed E-state index contributed by atoms with van der Waals surface area (Å²) in [7, 11) is 0. The smallest absolute Gasteiger partial charge is 0.223 e. The number of carbonyl (C=O) groups excluding carboxylic acids is 1. The van der Waals surface area contributed by atoms with Crippen molar-refractivity contribution >= 4 is 5.91 Å². The average molecular weight is 349 g/mol. The van der Waals surface area contributed by atoms with Gasteiger partial charge in [0.2, 0.25) is 5.91 Å². The molecule has 1 aliphatic carbocycles. The van der Waals surface area contributed by atoms with Crippen molar-refractivity contribution < 1.29 is 4.79 Å². The highest BCUT2D eigenvalue weighted by Gasteiger charge is 2.27. The second-order valence-corrected chi connectivity index (χ2v) is 7.50. The number of pyridine rings is 1. The second kappa shape index (κ2) is 8.00. The van der Waals surface area contributed by atoms with Crippen molar-refractivity contribution in [1.29, 1.82) is 0 Å². The van der Waals surface area contributed by atoms with Crippen molar-refractivity contribution in [2.45, 2.75) is 38.1 Å². The van der Waals surface area contributed by atoms with Crippen LogP contribution in [-0.2, 0) is 17.8 Å². The first-order valence-electron chi connectivity index (χ1n) is 9.76. The first-order chi connectivity index (χ1) is 12.8. The Morgan fingerprint density at radius 2 is 1.88 bits per heavy atom. The van der Waals surface area contributed by atoms with E-state index in [-0.39, 0.29) is 0 Å². The van der Waals surface area contributed by atoms with Crippen LogP contribution in [0.1, 0.15) is 41.9 Å². The number of benzene rings is 1. The lowest BCUT2D eigenvalue weighted by molar-refractivity contribution is -0.131. The van der Waals surface area contributed by atoms with Gasteiger partial charge in [-0.05, 0) is 54.0 Å². The van der Waals surface area contributed by atoms with Gasteiger partial charge in [0, 0.05) is 51.5 Å². The number of carbonyl (C=O) groups is 1. The van der Waals surface area contributed by atoms with Crippen LogP contribution in [0.3, 0.4) is 0 Å². The Bertz CT molecular complexity index is 746. The van der Waals surface area contributed by atoms with E-state index in [0.29, 0.717) is 18.2 Å². The summed E-state index contributed by atoms with van der Waals surface area (Å²) in [6.45, 7) is 4.69. The lowest BCUT2D eigenvalue weighted by atomic mass is 9.97. The molecule has 1 amide bonds. The molecule has 1 fully saturated rings. The molecule has 0 bridgehead atoms. The van der Waals surface area contributed by atoms with E-state index in [1.54, 1.807) is 0 Å². The van der Waals surface area contributed by atoms with Gasteiger partial charge in [-0.15, -0.1) is 0 Å². The van der Waals surface area contributed by atoms with Gasteiger partial charge in [-0.2, -0.15) is 0 Å². The average Bonchev–Trinajstić information content (AvgIpc) is 2.92. The van der Waals surface area contributed by atoms with E-state index in [1.165, 1.54) is 16.7 Å². The van der Waals surface area contributed by atoms with Gasteiger partial charge >= 0.3 is 0 Å². The van der Waals surface area contributed by atoms with Gasteiger partial charge in [0.05, 0.1) is 0 Å². The Kier molecular flexibility index (Phi) is 5.30. The fourth-order valence-electron chi connectivity index (χ4n) is 4.32. The van der Waals surface area contributed by atoms with E-state index < -0.39 is 0 Å². The molecule has 2 heterocycles. The topological polar surface area (TPSA) is 36.4 Å². The minimum atomic E-state index is 0.331. The van der Waals surface area contributed by atoms with Crippen LogP contribution >= 0.6 is 0 Å². The minimum absolute atomic E-state index is 0.331. The fraction of sp³-hybridized carbons (Fsp3) is 0.455. The summed E-state index contributed by atoms with van der Waals surface area (Å²) < 4.78 is 0. The number of amides is 1. The molecule has 0 saturated carbocycles. The summed E-state index contributed by atoms with van der Waals surface area (Å²) in [5.41, 5.74) is 4.13. The molecule has 1 saturated heterocycles. The Labute approximate surface area is 155 Å². The standard InChI is InChI=1S/C22H27N3O/c26-22(16-20-7-6-19-4-1-2-5-21(19)20)25-13-3-12-24(14-15-25)17-18-8-10-23-11-9-18/h1-2,4-5,8-11,20H,3,6-7,12-17H2/t20-/m0/s1. The number of hydrogen-bond acceptors (Lipinski definition) is 3. The van der Waals surface area contributed by atoms with Gasteiger partial charge in [-0.3, -0.25) is 14.7 Å². The summed E-state index contributed by atoms with van der Waals surface area (Å²) in [6, 6.07) is 12.8. The maximum absolute atomic E-state index is 12.9. The van der Waals surface area contributed by atoms with Crippen LogP contribution in [0, 0.1) is 0 Å². The largest absolute Gasteiger partial charge is 0.341 e. The van der Waals surface area contributed by atoms with Gasteiger partial charge in [0.25, 0.3) is 0 Å². The molecular formula is C22H27N3O.